The van der Waals surface area contributed by atoms with Crippen molar-refractivity contribution < 1.29 is 4.92 Å². The summed E-state index contributed by atoms with van der Waals surface area (Å²) < 4.78 is 0. The van der Waals surface area contributed by atoms with Crippen molar-refractivity contribution in [1.29, 1.82) is 0 Å². The quantitative estimate of drug-likeness (QED) is 0.518. The molecule has 1 aromatic heterocycles. The molecule has 2 rings (SSSR count). The van der Waals surface area contributed by atoms with E-state index in [1.165, 1.54) is 23.5 Å². The van der Waals surface area contributed by atoms with Gasteiger partial charge in [0, 0.05) is 29.6 Å². The lowest BCUT2D eigenvalue weighted by Gasteiger charge is -1.97. The summed E-state index contributed by atoms with van der Waals surface area (Å²) in [4.78, 5) is 14.6. The summed E-state index contributed by atoms with van der Waals surface area (Å²) in [6.45, 7) is 4.25. The van der Waals surface area contributed by atoms with Crippen molar-refractivity contribution >= 4 is 34.6 Å². The third kappa shape index (κ3) is 3.77. The molecule has 2 aromatic rings. The number of hydrogen-bond acceptors (Lipinski definition) is 5. The maximum Gasteiger partial charge on any atom is 0.270 e. The molecule has 0 fully saturated rings. The Kier molecular flexibility index (Phi) is 5.47. The van der Waals surface area contributed by atoms with Crippen LogP contribution in [-0.4, -0.2) is 16.5 Å². The van der Waals surface area contributed by atoms with Crippen molar-refractivity contribution in [3.8, 4) is 11.3 Å². The minimum atomic E-state index is -0.410. The molecule has 0 unspecified atom stereocenters. The molecule has 0 saturated carbocycles. The van der Waals surface area contributed by atoms with Crippen LogP contribution in [0.5, 0.6) is 0 Å². The standard InChI is InChI=1S/C12H11N3O2S.ClH/c1-2-6-13-12-14-11(8-18-12)9-4-3-5-10(7-9)15(16)17;/h2-5,7-8H,1,6H2,(H,13,14);1H. The van der Waals surface area contributed by atoms with Gasteiger partial charge in [-0.2, -0.15) is 0 Å². The molecule has 5 nitrogen and oxygen atoms in total. The van der Waals surface area contributed by atoms with Gasteiger partial charge in [-0.3, -0.25) is 10.1 Å². The first-order valence-electron chi connectivity index (χ1n) is 5.26. The molecule has 0 atom stereocenters. The Bertz CT molecular complexity index is 586. The van der Waals surface area contributed by atoms with Crippen molar-refractivity contribution in [1.82, 2.24) is 4.98 Å². The highest BCUT2D eigenvalue weighted by molar-refractivity contribution is 7.14. The van der Waals surface area contributed by atoms with Crippen LogP contribution in [0.15, 0.2) is 42.3 Å². The minimum absolute atomic E-state index is 0. The molecule has 7 heteroatoms. The maximum atomic E-state index is 10.7. The number of benzene rings is 1. The van der Waals surface area contributed by atoms with Gasteiger partial charge in [0.1, 0.15) is 0 Å². The summed E-state index contributed by atoms with van der Waals surface area (Å²) in [6, 6.07) is 6.45. The summed E-state index contributed by atoms with van der Waals surface area (Å²) >= 11 is 1.46. The lowest BCUT2D eigenvalue weighted by atomic mass is 10.1. The van der Waals surface area contributed by atoms with Crippen LogP contribution in [0.1, 0.15) is 0 Å². The number of halogens is 1. The number of hydrogen-bond donors (Lipinski definition) is 1. The fourth-order valence-corrected chi connectivity index (χ4v) is 2.16. The minimum Gasteiger partial charge on any atom is -0.358 e. The lowest BCUT2D eigenvalue weighted by Crippen LogP contribution is -1.96. The highest BCUT2D eigenvalue weighted by Crippen LogP contribution is 2.27. The highest BCUT2D eigenvalue weighted by atomic mass is 35.5. The summed E-state index contributed by atoms with van der Waals surface area (Å²) in [6.07, 6.45) is 1.74. The fraction of sp³-hybridized carbons (Fsp3) is 0.0833. The average molecular weight is 298 g/mol. The zero-order valence-corrected chi connectivity index (χ0v) is 11.5. The van der Waals surface area contributed by atoms with Gasteiger partial charge in [-0.15, -0.1) is 30.3 Å². The van der Waals surface area contributed by atoms with Gasteiger partial charge in [-0.1, -0.05) is 18.2 Å². The van der Waals surface area contributed by atoms with Crippen molar-refractivity contribution in [3.63, 3.8) is 0 Å². The molecule has 100 valence electrons. The Morgan fingerprint density at radius 1 is 1.53 bits per heavy atom. The van der Waals surface area contributed by atoms with E-state index in [4.69, 9.17) is 0 Å². The molecule has 1 aromatic carbocycles. The van der Waals surface area contributed by atoms with Crippen LogP contribution >= 0.6 is 23.7 Å². The number of aromatic nitrogens is 1. The van der Waals surface area contributed by atoms with E-state index in [0.717, 1.165) is 16.4 Å². The molecule has 0 aliphatic rings. The largest absolute Gasteiger partial charge is 0.358 e. The van der Waals surface area contributed by atoms with E-state index < -0.39 is 4.92 Å². The van der Waals surface area contributed by atoms with E-state index in [1.807, 2.05) is 5.38 Å². The average Bonchev–Trinajstić information content (AvgIpc) is 2.85. The molecule has 0 bridgehead atoms. The van der Waals surface area contributed by atoms with Gasteiger partial charge in [0.05, 0.1) is 10.6 Å². The number of nitrogens with zero attached hydrogens (tertiary/aromatic N) is 2. The van der Waals surface area contributed by atoms with E-state index in [1.54, 1.807) is 18.2 Å². The third-order valence-corrected chi connectivity index (χ3v) is 3.05. The Morgan fingerprint density at radius 2 is 2.32 bits per heavy atom. The highest BCUT2D eigenvalue weighted by Gasteiger charge is 2.09. The number of thiazole rings is 1. The molecule has 0 spiro atoms. The predicted octanol–water partition coefficient (Wildman–Crippen LogP) is 3.74. The van der Waals surface area contributed by atoms with E-state index in [2.05, 4.69) is 16.9 Å². The smallest absolute Gasteiger partial charge is 0.270 e. The molecule has 19 heavy (non-hydrogen) atoms. The Hall–Kier alpha value is -1.92. The van der Waals surface area contributed by atoms with E-state index in [0.29, 0.717) is 6.54 Å². The lowest BCUT2D eigenvalue weighted by molar-refractivity contribution is -0.384. The number of nitro benzene ring substituents is 1. The van der Waals surface area contributed by atoms with Crippen molar-refractivity contribution in [2.75, 3.05) is 11.9 Å². The second-order valence-electron chi connectivity index (χ2n) is 3.51. The molecule has 0 aliphatic carbocycles. The third-order valence-electron chi connectivity index (χ3n) is 2.25. The fourth-order valence-electron chi connectivity index (χ4n) is 1.43. The Balaban J connectivity index is 0.00000180. The van der Waals surface area contributed by atoms with Gasteiger partial charge >= 0.3 is 0 Å². The summed E-state index contributed by atoms with van der Waals surface area (Å²) in [7, 11) is 0. The maximum absolute atomic E-state index is 10.7. The van der Waals surface area contributed by atoms with Crippen LogP contribution in [0, 0.1) is 10.1 Å². The number of anilines is 1. The number of nitrogens with one attached hydrogen (secondary N) is 1. The Morgan fingerprint density at radius 3 is 3.00 bits per heavy atom. The van der Waals surface area contributed by atoms with E-state index in [-0.39, 0.29) is 18.1 Å². The molecular weight excluding hydrogens is 286 g/mol. The molecule has 1 N–H and O–H groups in total. The number of rotatable bonds is 5. The molecule has 0 amide bonds. The van der Waals surface area contributed by atoms with Gasteiger partial charge < -0.3 is 5.32 Å². The first kappa shape index (κ1) is 15.1. The zero-order chi connectivity index (χ0) is 13.0. The van der Waals surface area contributed by atoms with E-state index in [9.17, 15) is 10.1 Å². The van der Waals surface area contributed by atoms with Crippen molar-refractivity contribution in [2.45, 2.75) is 0 Å². The van der Waals surface area contributed by atoms with Crippen LogP contribution in [0.2, 0.25) is 0 Å². The van der Waals surface area contributed by atoms with Gasteiger partial charge in [0.15, 0.2) is 5.13 Å². The molecule has 0 aliphatic heterocycles. The van der Waals surface area contributed by atoms with Gasteiger partial charge in [-0.25, -0.2) is 4.98 Å². The zero-order valence-electron chi connectivity index (χ0n) is 9.91. The first-order valence-corrected chi connectivity index (χ1v) is 6.14. The first-order chi connectivity index (χ1) is 8.70. The predicted molar refractivity (Wildman–Crippen MR) is 80.1 cm³/mol. The molecule has 0 saturated heterocycles. The number of non-ortho nitro benzene ring substituents is 1. The van der Waals surface area contributed by atoms with E-state index >= 15 is 0 Å². The van der Waals surface area contributed by atoms with Gasteiger partial charge in [0.2, 0.25) is 0 Å². The summed E-state index contributed by atoms with van der Waals surface area (Å²) in [5.74, 6) is 0. The topological polar surface area (TPSA) is 68.1 Å². The summed E-state index contributed by atoms with van der Waals surface area (Å²) in [5.41, 5.74) is 1.54. The SMILES string of the molecule is C=CCNc1nc(-c2cccc([N+](=O)[O-])c2)cs1.Cl. The number of nitro groups is 1. The second kappa shape index (κ2) is 6.86. The van der Waals surface area contributed by atoms with Crippen molar-refractivity contribution in [3.05, 3.63) is 52.4 Å². The van der Waals surface area contributed by atoms with Crippen LogP contribution in [-0.2, 0) is 0 Å². The normalized spacial score (nSPS) is 9.47. The van der Waals surface area contributed by atoms with Crippen molar-refractivity contribution in [2.24, 2.45) is 0 Å². The van der Waals surface area contributed by atoms with Crippen LogP contribution in [0.3, 0.4) is 0 Å². The Labute approximate surface area is 120 Å². The molecule has 0 radical (unpaired) electrons. The molecule has 1 heterocycles. The summed E-state index contributed by atoms with van der Waals surface area (Å²) in [5, 5.41) is 16.4. The van der Waals surface area contributed by atoms with Crippen LogP contribution in [0.4, 0.5) is 10.8 Å². The van der Waals surface area contributed by atoms with Gasteiger partial charge in [-0.05, 0) is 0 Å². The van der Waals surface area contributed by atoms with Crippen LogP contribution < -0.4 is 5.32 Å². The van der Waals surface area contributed by atoms with Gasteiger partial charge in [0.25, 0.3) is 5.69 Å². The van der Waals surface area contributed by atoms with Crippen LogP contribution in [0.25, 0.3) is 11.3 Å². The monoisotopic (exact) mass is 297 g/mol. The molecular formula is C12H12ClN3O2S. The second-order valence-corrected chi connectivity index (χ2v) is 4.37.